The fraction of sp³-hybridized carbons (Fsp3) is 0.0870. The van der Waals surface area contributed by atoms with Crippen molar-refractivity contribution in [1.29, 1.82) is 0 Å². The smallest absolute Gasteiger partial charge is 0.338 e. The van der Waals surface area contributed by atoms with Crippen molar-refractivity contribution in [1.82, 2.24) is 4.98 Å². The number of rotatable bonds is 6. The van der Waals surface area contributed by atoms with Gasteiger partial charge in [-0.1, -0.05) is 12.1 Å². The van der Waals surface area contributed by atoms with Crippen LogP contribution in [-0.4, -0.2) is 31.9 Å². The molecule has 0 aliphatic carbocycles. The molecule has 10 heteroatoms. The first-order chi connectivity index (χ1) is 15.7. The molecule has 1 heterocycles. The minimum Gasteiger partial charge on any atom is -0.452 e. The van der Waals surface area contributed by atoms with Crippen LogP contribution in [0.3, 0.4) is 0 Å². The summed E-state index contributed by atoms with van der Waals surface area (Å²) in [5.74, 6) is -1.37. The highest BCUT2D eigenvalue weighted by atomic mass is 32.2. The molecule has 0 radical (unpaired) electrons. The Morgan fingerprint density at radius 3 is 2.55 bits per heavy atom. The van der Waals surface area contributed by atoms with Gasteiger partial charge < -0.3 is 10.1 Å². The summed E-state index contributed by atoms with van der Waals surface area (Å²) in [5, 5.41) is 8.59. The van der Waals surface area contributed by atoms with Gasteiger partial charge in [0.1, 0.15) is 5.01 Å². The maximum absolute atomic E-state index is 12.2. The average Bonchev–Trinajstić information content (AvgIpc) is 3.20. The molecule has 0 aliphatic rings. The molecule has 1 aromatic heterocycles. The monoisotopic (exact) mass is 481 g/mol. The lowest BCUT2D eigenvalue weighted by Crippen LogP contribution is -2.21. The van der Waals surface area contributed by atoms with E-state index in [1.54, 1.807) is 23.5 Å². The number of carbonyl (C=O) groups is 2. The molecule has 0 spiro atoms. The molecule has 4 rings (SSSR count). The van der Waals surface area contributed by atoms with Crippen molar-refractivity contribution < 1.29 is 22.7 Å². The van der Waals surface area contributed by atoms with E-state index in [1.165, 1.54) is 23.8 Å². The molecule has 0 saturated carbocycles. The SMILES string of the molecule is Cc1ccc2nc(-c3ccc(NC(=O)COC(=O)c4cccc(S(N)(=O)=O)c4)cc3)sc2c1. The molecule has 0 bridgehead atoms. The quantitative estimate of drug-likeness (QED) is 0.404. The second kappa shape index (κ2) is 9.10. The number of thiazole rings is 1. The number of nitrogens with one attached hydrogen (secondary N) is 1. The molecule has 1 amide bonds. The van der Waals surface area contributed by atoms with Crippen molar-refractivity contribution in [3.05, 3.63) is 77.9 Å². The van der Waals surface area contributed by atoms with E-state index < -0.39 is 28.5 Å². The number of benzene rings is 3. The number of primary sulfonamides is 1. The summed E-state index contributed by atoms with van der Waals surface area (Å²) in [6.45, 7) is 1.51. The fourth-order valence-electron chi connectivity index (χ4n) is 3.06. The lowest BCUT2D eigenvalue weighted by molar-refractivity contribution is -0.119. The first-order valence-corrected chi connectivity index (χ1v) is 12.1. The molecule has 8 nitrogen and oxygen atoms in total. The number of ether oxygens (including phenoxy) is 1. The first-order valence-electron chi connectivity index (χ1n) is 9.76. The molecule has 33 heavy (non-hydrogen) atoms. The molecule has 3 N–H and O–H groups in total. The van der Waals surface area contributed by atoms with Crippen molar-refractivity contribution in [2.24, 2.45) is 5.14 Å². The number of carbonyl (C=O) groups excluding carboxylic acids is 2. The third-order valence-corrected chi connectivity index (χ3v) is 6.67. The number of sulfonamides is 1. The van der Waals surface area contributed by atoms with Gasteiger partial charge in [-0.15, -0.1) is 11.3 Å². The molecule has 3 aromatic carbocycles. The van der Waals surface area contributed by atoms with Gasteiger partial charge in [-0.3, -0.25) is 4.79 Å². The zero-order chi connectivity index (χ0) is 23.6. The van der Waals surface area contributed by atoms with Crippen LogP contribution in [0.5, 0.6) is 0 Å². The van der Waals surface area contributed by atoms with Gasteiger partial charge in [0, 0.05) is 11.3 Å². The lowest BCUT2D eigenvalue weighted by Gasteiger charge is -2.08. The number of anilines is 1. The highest BCUT2D eigenvalue weighted by Gasteiger charge is 2.15. The Labute approximate surface area is 194 Å². The minimum atomic E-state index is -3.96. The van der Waals surface area contributed by atoms with Gasteiger partial charge in [-0.25, -0.2) is 23.3 Å². The maximum atomic E-state index is 12.2. The van der Waals surface area contributed by atoms with E-state index in [4.69, 9.17) is 9.88 Å². The van der Waals surface area contributed by atoms with Crippen LogP contribution in [0.2, 0.25) is 0 Å². The highest BCUT2D eigenvalue weighted by Crippen LogP contribution is 2.31. The molecule has 0 atom stereocenters. The van der Waals surface area contributed by atoms with Gasteiger partial charge in [-0.2, -0.15) is 0 Å². The number of nitrogens with zero attached hydrogens (tertiary/aromatic N) is 1. The summed E-state index contributed by atoms with van der Waals surface area (Å²) in [4.78, 5) is 28.7. The van der Waals surface area contributed by atoms with Gasteiger partial charge in [0.2, 0.25) is 10.0 Å². The normalized spacial score (nSPS) is 11.3. The predicted molar refractivity (Wildman–Crippen MR) is 127 cm³/mol. The highest BCUT2D eigenvalue weighted by molar-refractivity contribution is 7.89. The number of hydrogen-bond acceptors (Lipinski definition) is 7. The van der Waals surface area contributed by atoms with Crippen LogP contribution in [0.1, 0.15) is 15.9 Å². The Morgan fingerprint density at radius 2 is 1.82 bits per heavy atom. The molecule has 0 unspecified atom stereocenters. The Bertz CT molecular complexity index is 1460. The summed E-state index contributed by atoms with van der Waals surface area (Å²) in [7, 11) is -3.96. The van der Waals surface area contributed by atoms with Crippen LogP contribution < -0.4 is 10.5 Å². The molecule has 0 aliphatic heterocycles. The van der Waals surface area contributed by atoms with Gasteiger partial charge in [0.15, 0.2) is 6.61 Å². The van der Waals surface area contributed by atoms with E-state index in [2.05, 4.69) is 16.4 Å². The zero-order valence-electron chi connectivity index (χ0n) is 17.4. The first kappa shape index (κ1) is 22.6. The number of fused-ring (bicyclic) bond motifs is 1. The fourth-order valence-corrected chi connectivity index (χ4v) is 4.69. The summed E-state index contributed by atoms with van der Waals surface area (Å²) in [6, 6.07) is 18.4. The van der Waals surface area contributed by atoms with Crippen molar-refractivity contribution in [3.63, 3.8) is 0 Å². The Balaban J connectivity index is 1.36. The number of hydrogen-bond donors (Lipinski definition) is 2. The molecular weight excluding hydrogens is 462 g/mol. The van der Waals surface area contributed by atoms with Crippen LogP contribution in [0.15, 0.2) is 71.6 Å². The Morgan fingerprint density at radius 1 is 1.06 bits per heavy atom. The van der Waals surface area contributed by atoms with Gasteiger partial charge in [-0.05, 0) is 67.1 Å². The number of esters is 1. The van der Waals surface area contributed by atoms with Crippen LogP contribution in [0, 0.1) is 6.92 Å². The summed E-state index contributed by atoms with van der Waals surface area (Å²) < 4.78 is 28.9. The standard InChI is InChI=1S/C23H19N3O5S2/c1-14-5-10-19-20(11-14)32-22(26-19)15-6-8-17(9-7-15)25-21(27)13-31-23(28)16-3-2-4-18(12-16)33(24,29)30/h2-12H,13H2,1H3,(H,25,27)(H2,24,29,30). The van der Waals surface area contributed by atoms with Crippen LogP contribution in [-0.2, 0) is 19.6 Å². The topological polar surface area (TPSA) is 128 Å². The van der Waals surface area contributed by atoms with E-state index in [1.807, 2.05) is 31.2 Å². The Hall–Kier alpha value is -3.60. The van der Waals surface area contributed by atoms with Gasteiger partial charge in [0.05, 0.1) is 20.7 Å². The number of aryl methyl sites for hydroxylation is 1. The van der Waals surface area contributed by atoms with Crippen molar-refractivity contribution in [2.75, 3.05) is 11.9 Å². The molecule has 0 fully saturated rings. The van der Waals surface area contributed by atoms with E-state index >= 15 is 0 Å². The van der Waals surface area contributed by atoms with Crippen LogP contribution in [0.4, 0.5) is 5.69 Å². The third-order valence-electron chi connectivity index (χ3n) is 4.69. The summed E-state index contributed by atoms with van der Waals surface area (Å²) in [5.41, 5.74) is 3.55. The molecular formula is C23H19N3O5S2. The van der Waals surface area contributed by atoms with E-state index in [0.29, 0.717) is 5.69 Å². The summed E-state index contributed by atoms with van der Waals surface area (Å²) >= 11 is 1.59. The van der Waals surface area contributed by atoms with Gasteiger partial charge in [0.25, 0.3) is 5.91 Å². The largest absolute Gasteiger partial charge is 0.452 e. The van der Waals surface area contributed by atoms with Crippen molar-refractivity contribution in [2.45, 2.75) is 11.8 Å². The minimum absolute atomic E-state index is 0.0234. The number of aromatic nitrogens is 1. The van der Waals surface area contributed by atoms with E-state index in [0.717, 1.165) is 26.9 Å². The van der Waals surface area contributed by atoms with Crippen LogP contribution in [0.25, 0.3) is 20.8 Å². The van der Waals surface area contributed by atoms with Crippen LogP contribution >= 0.6 is 11.3 Å². The lowest BCUT2D eigenvalue weighted by atomic mass is 10.2. The average molecular weight is 482 g/mol. The Kier molecular flexibility index (Phi) is 6.23. The molecule has 4 aromatic rings. The second-order valence-corrected chi connectivity index (χ2v) is 9.86. The maximum Gasteiger partial charge on any atom is 0.338 e. The summed E-state index contributed by atoms with van der Waals surface area (Å²) in [6.07, 6.45) is 0. The van der Waals surface area contributed by atoms with Crippen molar-refractivity contribution in [3.8, 4) is 10.6 Å². The molecule has 168 valence electrons. The van der Waals surface area contributed by atoms with Gasteiger partial charge >= 0.3 is 5.97 Å². The van der Waals surface area contributed by atoms with Crippen molar-refractivity contribution >= 4 is 49.1 Å². The second-order valence-electron chi connectivity index (χ2n) is 7.26. The number of nitrogens with two attached hydrogens (primary N) is 1. The third kappa shape index (κ3) is 5.43. The molecule has 0 saturated heterocycles. The number of amides is 1. The zero-order valence-corrected chi connectivity index (χ0v) is 19.1. The van der Waals surface area contributed by atoms with E-state index in [9.17, 15) is 18.0 Å². The predicted octanol–water partition coefficient (Wildman–Crippen LogP) is 3.71. The van der Waals surface area contributed by atoms with E-state index in [-0.39, 0.29) is 10.5 Å².